The molecule has 0 saturated carbocycles. The average Bonchev–Trinajstić information content (AvgIpc) is 3.12. The molecule has 3 N–H and O–H groups in total. The molecule has 144 valence electrons. The van der Waals surface area contributed by atoms with Crippen LogP contribution in [0.15, 0.2) is 35.7 Å². The van der Waals surface area contributed by atoms with Crippen LogP contribution in [0, 0.1) is 5.92 Å². The molecule has 27 heavy (non-hydrogen) atoms. The van der Waals surface area contributed by atoms with Crippen molar-refractivity contribution in [3.8, 4) is 0 Å². The molecule has 2 amide bonds. The van der Waals surface area contributed by atoms with E-state index in [1.54, 1.807) is 6.07 Å². The third-order valence-corrected chi connectivity index (χ3v) is 5.91. The van der Waals surface area contributed by atoms with Gasteiger partial charge in [0, 0.05) is 11.6 Å². The third kappa shape index (κ3) is 4.76. The Morgan fingerprint density at radius 2 is 1.89 bits per heavy atom. The summed E-state index contributed by atoms with van der Waals surface area (Å²) in [5, 5.41) is 11.8. The lowest BCUT2D eigenvalue weighted by molar-refractivity contribution is 0.0915. The minimum atomic E-state index is -0.197. The van der Waals surface area contributed by atoms with Gasteiger partial charge in [0.2, 0.25) is 0 Å². The number of anilines is 1. The highest BCUT2D eigenvalue weighted by Crippen LogP contribution is 2.25. The van der Waals surface area contributed by atoms with Crippen molar-refractivity contribution in [2.24, 2.45) is 5.92 Å². The summed E-state index contributed by atoms with van der Waals surface area (Å²) in [6.07, 6.45) is 0.918. The van der Waals surface area contributed by atoms with Gasteiger partial charge in [-0.25, -0.2) is 0 Å². The van der Waals surface area contributed by atoms with E-state index in [1.807, 2.05) is 29.6 Å². The lowest BCUT2D eigenvalue weighted by Crippen LogP contribution is -2.48. The minimum Gasteiger partial charge on any atom is -0.349 e. The summed E-state index contributed by atoms with van der Waals surface area (Å²) < 4.78 is 0. The van der Waals surface area contributed by atoms with E-state index >= 15 is 0 Å². The average molecular weight is 386 g/mol. The maximum absolute atomic E-state index is 12.7. The molecule has 0 aliphatic carbocycles. The highest BCUT2D eigenvalue weighted by molar-refractivity contribution is 7.14. The highest BCUT2D eigenvalue weighted by Gasteiger charge is 2.24. The predicted octanol–water partition coefficient (Wildman–Crippen LogP) is 3.85. The molecule has 1 aliphatic heterocycles. The van der Waals surface area contributed by atoms with Crippen LogP contribution in [0.5, 0.6) is 0 Å². The van der Waals surface area contributed by atoms with Crippen LogP contribution in [0.25, 0.3) is 0 Å². The molecule has 1 fully saturated rings. The van der Waals surface area contributed by atoms with Gasteiger partial charge in [0.1, 0.15) is 5.00 Å². The standard InChI is InChI=1S/C21H27N3O2S/c1-13(2)15-4-6-16(7-5-15)19(25)24-21-17(9-11-27-21)20(26)23-18-8-10-22-12-14(18)3/h4-7,9,11,13-14,18,22H,8,10,12H2,1-3H3,(H,23,26)(H,24,25). The first-order valence-electron chi connectivity index (χ1n) is 9.46. The number of carbonyl (C=O) groups excluding carboxylic acids is 2. The number of carbonyl (C=O) groups is 2. The second-order valence-corrected chi connectivity index (χ2v) is 8.36. The van der Waals surface area contributed by atoms with E-state index in [1.165, 1.54) is 16.9 Å². The molecular formula is C21H27N3O2S. The summed E-state index contributed by atoms with van der Waals surface area (Å²) in [5.41, 5.74) is 2.31. The molecule has 0 bridgehead atoms. The number of hydrogen-bond acceptors (Lipinski definition) is 4. The first kappa shape index (κ1) is 19.6. The van der Waals surface area contributed by atoms with Crippen LogP contribution < -0.4 is 16.0 Å². The second-order valence-electron chi connectivity index (χ2n) is 7.44. The van der Waals surface area contributed by atoms with Gasteiger partial charge in [0.05, 0.1) is 5.56 Å². The van der Waals surface area contributed by atoms with Crippen molar-refractivity contribution in [3.63, 3.8) is 0 Å². The molecular weight excluding hydrogens is 358 g/mol. The summed E-state index contributed by atoms with van der Waals surface area (Å²) in [7, 11) is 0. The van der Waals surface area contributed by atoms with Gasteiger partial charge >= 0.3 is 0 Å². The number of piperidine rings is 1. The molecule has 6 heteroatoms. The SMILES string of the molecule is CC(C)c1ccc(C(=O)Nc2sccc2C(=O)NC2CCNCC2C)cc1. The van der Waals surface area contributed by atoms with Gasteiger partial charge in [-0.2, -0.15) is 0 Å². The zero-order valence-electron chi connectivity index (χ0n) is 16.0. The molecule has 1 aromatic heterocycles. The van der Waals surface area contributed by atoms with Gasteiger partial charge < -0.3 is 16.0 Å². The molecule has 0 spiro atoms. The van der Waals surface area contributed by atoms with Crippen LogP contribution in [0.4, 0.5) is 5.00 Å². The molecule has 2 heterocycles. The summed E-state index contributed by atoms with van der Waals surface area (Å²) in [6.45, 7) is 8.19. The Morgan fingerprint density at radius 1 is 1.15 bits per heavy atom. The number of rotatable bonds is 5. The predicted molar refractivity (Wildman–Crippen MR) is 111 cm³/mol. The summed E-state index contributed by atoms with van der Waals surface area (Å²) in [4.78, 5) is 25.3. The first-order chi connectivity index (χ1) is 13.0. The number of thiophene rings is 1. The Bertz CT molecular complexity index is 798. The lowest BCUT2D eigenvalue weighted by atomic mass is 9.95. The van der Waals surface area contributed by atoms with Crippen LogP contribution >= 0.6 is 11.3 Å². The topological polar surface area (TPSA) is 70.2 Å². The zero-order chi connectivity index (χ0) is 19.4. The normalized spacial score (nSPS) is 19.7. The van der Waals surface area contributed by atoms with Crippen LogP contribution in [0.3, 0.4) is 0 Å². The van der Waals surface area contributed by atoms with Gasteiger partial charge in [-0.05, 0) is 60.5 Å². The fourth-order valence-electron chi connectivity index (χ4n) is 3.25. The molecule has 1 aliphatic rings. The fraction of sp³-hybridized carbons (Fsp3) is 0.429. The zero-order valence-corrected chi connectivity index (χ0v) is 16.9. The smallest absolute Gasteiger partial charge is 0.256 e. The molecule has 2 atom stereocenters. The van der Waals surface area contributed by atoms with E-state index in [4.69, 9.17) is 0 Å². The first-order valence-corrected chi connectivity index (χ1v) is 10.3. The molecule has 1 aromatic carbocycles. The molecule has 2 unspecified atom stereocenters. The Hall–Kier alpha value is -2.18. The fourth-order valence-corrected chi connectivity index (χ4v) is 4.03. The van der Waals surface area contributed by atoms with Gasteiger partial charge in [0.15, 0.2) is 0 Å². The van der Waals surface area contributed by atoms with Crippen LogP contribution in [-0.2, 0) is 0 Å². The largest absolute Gasteiger partial charge is 0.349 e. The van der Waals surface area contributed by atoms with Gasteiger partial charge in [-0.15, -0.1) is 11.3 Å². The summed E-state index contributed by atoms with van der Waals surface area (Å²) in [5.74, 6) is 0.489. The van der Waals surface area contributed by atoms with Gasteiger partial charge in [-0.3, -0.25) is 9.59 Å². The maximum atomic E-state index is 12.7. The Labute approximate surface area is 164 Å². The van der Waals surface area contributed by atoms with Gasteiger partial charge in [-0.1, -0.05) is 32.9 Å². The Kier molecular flexibility index (Phi) is 6.29. The van der Waals surface area contributed by atoms with E-state index in [9.17, 15) is 9.59 Å². The van der Waals surface area contributed by atoms with Crippen LogP contribution in [-0.4, -0.2) is 30.9 Å². The molecule has 5 nitrogen and oxygen atoms in total. The number of benzene rings is 1. The van der Waals surface area contributed by atoms with Crippen molar-refractivity contribution >= 4 is 28.2 Å². The second kappa shape index (κ2) is 8.67. The third-order valence-electron chi connectivity index (χ3n) is 5.08. The van der Waals surface area contributed by atoms with E-state index in [2.05, 4.69) is 36.7 Å². The van der Waals surface area contributed by atoms with Crippen molar-refractivity contribution in [2.75, 3.05) is 18.4 Å². The Balaban J connectivity index is 1.67. The quantitative estimate of drug-likeness (QED) is 0.732. The van der Waals surface area contributed by atoms with E-state index in [0.717, 1.165) is 19.5 Å². The molecule has 1 saturated heterocycles. The lowest BCUT2D eigenvalue weighted by Gasteiger charge is -2.30. The monoisotopic (exact) mass is 385 g/mol. The van der Waals surface area contributed by atoms with E-state index in [-0.39, 0.29) is 17.9 Å². The van der Waals surface area contributed by atoms with Crippen LogP contribution in [0.2, 0.25) is 0 Å². The van der Waals surface area contributed by atoms with Crippen molar-refractivity contribution in [1.82, 2.24) is 10.6 Å². The molecule has 2 aromatic rings. The van der Waals surface area contributed by atoms with Gasteiger partial charge in [0.25, 0.3) is 11.8 Å². The van der Waals surface area contributed by atoms with Crippen molar-refractivity contribution in [1.29, 1.82) is 0 Å². The number of amides is 2. The van der Waals surface area contributed by atoms with Crippen molar-refractivity contribution < 1.29 is 9.59 Å². The molecule has 3 rings (SSSR count). The summed E-state index contributed by atoms with van der Waals surface area (Å²) >= 11 is 1.37. The maximum Gasteiger partial charge on any atom is 0.256 e. The van der Waals surface area contributed by atoms with Crippen molar-refractivity contribution in [3.05, 3.63) is 52.4 Å². The number of nitrogens with one attached hydrogen (secondary N) is 3. The highest BCUT2D eigenvalue weighted by atomic mass is 32.1. The molecule has 0 radical (unpaired) electrons. The van der Waals surface area contributed by atoms with Crippen LogP contribution in [0.1, 0.15) is 59.4 Å². The minimum absolute atomic E-state index is 0.125. The van der Waals surface area contributed by atoms with Crippen molar-refractivity contribution in [2.45, 2.75) is 39.2 Å². The number of hydrogen-bond donors (Lipinski definition) is 3. The Morgan fingerprint density at radius 3 is 2.56 bits per heavy atom. The van der Waals surface area contributed by atoms with E-state index in [0.29, 0.717) is 28.0 Å². The summed E-state index contributed by atoms with van der Waals surface area (Å²) in [6, 6.07) is 9.53. The van der Waals surface area contributed by atoms with E-state index < -0.39 is 0 Å².